The van der Waals surface area contributed by atoms with Crippen molar-refractivity contribution in [2.75, 3.05) is 26.2 Å². The number of nitrogens with one attached hydrogen (secondary N) is 2. The number of sulfonamides is 1. The van der Waals surface area contributed by atoms with Gasteiger partial charge >= 0.3 is 0 Å². The summed E-state index contributed by atoms with van der Waals surface area (Å²) in [5.41, 5.74) is 0.417. The van der Waals surface area contributed by atoms with E-state index >= 15 is 0 Å². The number of hydrogen-bond donors (Lipinski definition) is 2. The van der Waals surface area contributed by atoms with Crippen molar-refractivity contribution >= 4 is 20.9 Å². The molecule has 0 aliphatic rings. The maximum Gasteiger partial charge on any atom is 0.248 e. The summed E-state index contributed by atoms with van der Waals surface area (Å²) in [6.07, 6.45) is 0.766. The van der Waals surface area contributed by atoms with Gasteiger partial charge < -0.3 is 9.88 Å². The zero-order chi connectivity index (χ0) is 16.9. The molecule has 0 aliphatic carbocycles. The number of nitrogens with zero attached hydrogens (tertiary/aromatic N) is 1. The van der Waals surface area contributed by atoms with Gasteiger partial charge in [-0.2, -0.15) is 0 Å². The molecule has 23 heavy (non-hydrogen) atoms. The van der Waals surface area contributed by atoms with E-state index in [4.69, 9.17) is 0 Å². The largest absolute Gasteiger partial charge is 0.322 e. The van der Waals surface area contributed by atoms with E-state index in [0.29, 0.717) is 17.4 Å². The van der Waals surface area contributed by atoms with Crippen molar-refractivity contribution in [3.63, 3.8) is 0 Å². The van der Waals surface area contributed by atoms with Gasteiger partial charge in [-0.3, -0.25) is 4.79 Å². The zero-order valence-corrected chi connectivity index (χ0v) is 14.3. The van der Waals surface area contributed by atoms with Crippen LogP contribution in [-0.4, -0.2) is 44.5 Å². The quantitative estimate of drug-likeness (QED) is 0.716. The van der Waals surface area contributed by atoms with Crippen LogP contribution in [0.1, 0.15) is 20.3 Å². The fraction of sp³-hybridized carbons (Fsp3) is 0.438. The molecule has 0 unspecified atom stereocenters. The topological polar surface area (TPSA) is 82.3 Å². The molecule has 0 fully saturated rings. The van der Waals surface area contributed by atoms with E-state index in [1.165, 1.54) is 12.1 Å². The molecule has 0 amide bonds. The molecule has 126 valence electrons. The molecule has 0 spiro atoms. The molecule has 1 aromatic carbocycles. The Bertz CT molecular complexity index is 811. The second-order valence-corrected chi connectivity index (χ2v) is 7.12. The van der Waals surface area contributed by atoms with Gasteiger partial charge in [0.05, 0.1) is 4.90 Å². The fourth-order valence-corrected chi connectivity index (χ4v) is 3.54. The summed E-state index contributed by atoms with van der Waals surface area (Å²) < 4.78 is 27.3. The Kier molecular flexibility index (Phi) is 5.92. The molecule has 1 heterocycles. The summed E-state index contributed by atoms with van der Waals surface area (Å²) in [6.45, 7) is 7.38. The third-order valence-electron chi connectivity index (χ3n) is 3.84. The highest BCUT2D eigenvalue weighted by Crippen LogP contribution is 2.16. The van der Waals surface area contributed by atoms with Gasteiger partial charge in [-0.1, -0.05) is 13.8 Å². The second kappa shape index (κ2) is 7.72. The monoisotopic (exact) mass is 337 g/mol. The molecule has 1 aromatic heterocycles. The maximum atomic E-state index is 12.3. The normalized spacial score (nSPS) is 12.1. The Morgan fingerprint density at radius 1 is 1.13 bits per heavy atom. The Morgan fingerprint density at radius 3 is 2.57 bits per heavy atom. The Hall–Kier alpha value is -1.70. The molecule has 0 bridgehead atoms. The van der Waals surface area contributed by atoms with E-state index in [1.54, 1.807) is 18.2 Å². The van der Waals surface area contributed by atoms with Crippen LogP contribution in [0.3, 0.4) is 0 Å². The number of fused-ring (bicyclic) bond motifs is 1. The van der Waals surface area contributed by atoms with Gasteiger partial charge in [0.2, 0.25) is 15.6 Å². The van der Waals surface area contributed by atoms with Crippen LogP contribution in [0.4, 0.5) is 0 Å². The minimum Gasteiger partial charge on any atom is -0.322 e. The van der Waals surface area contributed by atoms with Crippen molar-refractivity contribution in [2.24, 2.45) is 0 Å². The third kappa shape index (κ3) is 4.63. The third-order valence-corrected chi connectivity index (χ3v) is 5.30. The molecule has 0 saturated carbocycles. The maximum absolute atomic E-state index is 12.3. The molecule has 2 N–H and O–H groups in total. The van der Waals surface area contributed by atoms with E-state index in [2.05, 4.69) is 28.5 Å². The van der Waals surface area contributed by atoms with Crippen molar-refractivity contribution < 1.29 is 8.42 Å². The van der Waals surface area contributed by atoms with Crippen LogP contribution in [-0.2, 0) is 10.0 Å². The summed E-state index contributed by atoms with van der Waals surface area (Å²) in [5.74, 6) is 0. The van der Waals surface area contributed by atoms with Gasteiger partial charge in [0, 0.05) is 18.1 Å². The summed E-state index contributed by atoms with van der Waals surface area (Å²) in [5, 5.41) is 0.690. The van der Waals surface area contributed by atoms with Gasteiger partial charge in [0.1, 0.15) is 0 Å². The Balaban J connectivity index is 2.04. The first-order chi connectivity index (χ1) is 11.0. The predicted molar refractivity (Wildman–Crippen MR) is 92.2 cm³/mol. The standard InChI is InChI=1S/C16H23N3O3S/c1-3-19(4-2)11-5-10-17-23(21,22)14-7-8-15-13(12-14)6-9-16(20)18-15/h6-9,12,17H,3-5,10-11H2,1-2H3,(H,18,20). The first-order valence-corrected chi connectivity index (χ1v) is 9.29. The Labute approximate surface area is 136 Å². The Morgan fingerprint density at radius 2 is 1.87 bits per heavy atom. The van der Waals surface area contributed by atoms with E-state index in [1.807, 2.05) is 0 Å². The molecular formula is C16H23N3O3S. The van der Waals surface area contributed by atoms with Gasteiger partial charge in [0.15, 0.2) is 0 Å². The molecule has 6 nitrogen and oxygen atoms in total. The summed E-state index contributed by atoms with van der Waals surface area (Å²) in [6, 6.07) is 7.69. The number of rotatable bonds is 8. The van der Waals surface area contributed by atoms with Crippen LogP contribution in [0, 0.1) is 0 Å². The first-order valence-electron chi connectivity index (χ1n) is 7.81. The molecule has 7 heteroatoms. The molecule has 0 radical (unpaired) electrons. The predicted octanol–water partition coefficient (Wildman–Crippen LogP) is 1.54. The fourth-order valence-electron chi connectivity index (χ4n) is 2.43. The van der Waals surface area contributed by atoms with Crippen LogP contribution >= 0.6 is 0 Å². The minimum absolute atomic E-state index is 0.206. The van der Waals surface area contributed by atoms with E-state index in [9.17, 15) is 13.2 Å². The van der Waals surface area contributed by atoms with Crippen molar-refractivity contribution in [3.8, 4) is 0 Å². The van der Waals surface area contributed by atoms with Crippen LogP contribution in [0.5, 0.6) is 0 Å². The number of aromatic nitrogens is 1. The van der Waals surface area contributed by atoms with Crippen molar-refractivity contribution in [1.29, 1.82) is 0 Å². The first kappa shape index (κ1) is 17.7. The average molecular weight is 337 g/mol. The highest BCUT2D eigenvalue weighted by molar-refractivity contribution is 7.89. The van der Waals surface area contributed by atoms with Crippen LogP contribution in [0.2, 0.25) is 0 Å². The average Bonchev–Trinajstić information content (AvgIpc) is 2.54. The summed E-state index contributed by atoms with van der Waals surface area (Å²) in [7, 11) is -3.53. The van der Waals surface area contributed by atoms with Gasteiger partial charge in [-0.25, -0.2) is 13.1 Å². The SMILES string of the molecule is CCN(CC)CCCNS(=O)(=O)c1ccc2[nH]c(=O)ccc2c1. The highest BCUT2D eigenvalue weighted by Gasteiger charge is 2.14. The molecular weight excluding hydrogens is 314 g/mol. The summed E-state index contributed by atoms with van der Waals surface area (Å²) in [4.78, 5) is 16.4. The lowest BCUT2D eigenvalue weighted by Gasteiger charge is -2.17. The smallest absolute Gasteiger partial charge is 0.248 e. The van der Waals surface area contributed by atoms with Gasteiger partial charge in [0.25, 0.3) is 0 Å². The van der Waals surface area contributed by atoms with Gasteiger partial charge in [-0.05, 0) is 55.7 Å². The number of hydrogen-bond acceptors (Lipinski definition) is 4. The molecule has 2 aromatic rings. The van der Waals surface area contributed by atoms with E-state index in [-0.39, 0.29) is 10.5 Å². The second-order valence-electron chi connectivity index (χ2n) is 5.35. The van der Waals surface area contributed by atoms with Crippen molar-refractivity contribution in [2.45, 2.75) is 25.2 Å². The number of H-pyrrole nitrogens is 1. The van der Waals surface area contributed by atoms with E-state index in [0.717, 1.165) is 26.1 Å². The van der Waals surface area contributed by atoms with Crippen LogP contribution in [0.15, 0.2) is 40.0 Å². The lowest BCUT2D eigenvalue weighted by Crippen LogP contribution is -2.30. The highest BCUT2D eigenvalue weighted by atomic mass is 32.2. The van der Waals surface area contributed by atoms with Crippen molar-refractivity contribution in [3.05, 3.63) is 40.7 Å². The van der Waals surface area contributed by atoms with Crippen molar-refractivity contribution in [1.82, 2.24) is 14.6 Å². The van der Waals surface area contributed by atoms with E-state index < -0.39 is 10.0 Å². The number of aromatic amines is 1. The molecule has 0 atom stereocenters. The lowest BCUT2D eigenvalue weighted by atomic mass is 10.2. The number of pyridine rings is 1. The molecule has 2 rings (SSSR count). The van der Waals surface area contributed by atoms with Gasteiger partial charge in [-0.15, -0.1) is 0 Å². The lowest BCUT2D eigenvalue weighted by molar-refractivity contribution is 0.300. The summed E-state index contributed by atoms with van der Waals surface area (Å²) >= 11 is 0. The van der Waals surface area contributed by atoms with Crippen LogP contribution in [0.25, 0.3) is 10.9 Å². The number of benzene rings is 1. The van der Waals surface area contributed by atoms with Crippen LogP contribution < -0.4 is 10.3 Å². The molecule has 0 saturated heterocycles. The zero-order valence-electron chi connectivity index (χ0n) is 13.5. The molecule has 0 aliphatic heterocycles. The minimum atomic E-state index is -3.53.